The van der Waals surface area contributed by atoms with Gasteiger partial charge in [0.1, 0.15) is 12.4 Å². The molecule has 0 spiro atoms. The van der Waals surface area contributed by atoms with Gasteiger partial charge in [0, 0.05) is 37.6 Å². The van der Waals surface area contributed by atoms with Gasteiger partial charge in [-0.1, -0.05) is 13.8 Å². The molecule has 2 unspecified atom stereocenters. The van der Waals surface area contributed by atoms with Crippen molar-refractivity contribution < 1.29 is 4.74 Å². The van der Waals surface area contributed by atoms with Crippen LogP contribution in [0.25, 0.3) is 0 Å². The smallest absolute Gasteiger partial charge is 0.191 e. The minimum absolute atomic E-state index is 0. The maximum Gasteiger partial charge on any atom is 0.191 e. The van der Waals surface area contributed by atoms with E-state index in [4.69, 9.17) is 9.73 Å². The molecule has 8 heteroatoms. The highest BCUT2D eigenvalue weighted by atomic mass is 127. The molecule has 154 valence electrons. The first-order valence-electron chi connectivity index (χ1n) is 10.3. The number of fused-ring (bicyclic) bond motifs is 1. The normalized spacial score (nSPS) is 23.3. The van der Waals surface area contributed by atoms with Crippen LogP contribution >= 0.6 is 24.0 Å². The Balaban J connectivity index is 0.00000261. The molecule has 2 heterocycles. The van der Waals surface area contributed by atoms with Gasteiger partial charge in [-0.15, -0.1) is 34.2 Å². The fraction of sp³-hybridized carbons (Fsp3) is 0.842. The van der Waals surface area contributed by atoms with Gasteiger partial charge in [-0.3, -0.25) is 0 Å². The van der Waals surface area contributed by atoms with Crippen molar-refractivity contribution in [2.24, 2.45) is 10.4 Å². The molecular formula is C19H35IN6O. The Morgan fingerprint density at radius 2 is 2.04 bits per heavy atom. The topological polar surface area (TPSA) is 76.4 Å². The second-order valence-corrected chi connectivity index (χ2v) is 7.30. The Bertz CT molecular complexity index is 628. The van der Waals surface area contributed by atoms with Crippen LogP contribution in [0.4, 0.5) is 0 Å². The number of aryl methyl sites for hydroxylation is 1. The summed E-state index contributed by atoms with van der Waals surface area (Å²) in [6, 6.07) is 0.399. The lowest BCUT2D eigenvalue weighted by molar-refractivity contribution is -0.133. The van der Waals surface area contributed by atoms with E-state index in [1.165, 1.54) is 0 Å². The zero-order valence-corrected chi connectivity index (χ0v) is 19.5. The van der Waals surface area contributed by atoms with Crippen LogP contribution in [0, 0.1) is 5.41 Å². The average molecular weight is 490 g/mol. The first-order chi connectivity index (χ1) is 12.7. The Labute approximate surface area is 180 Å². The number of rotatable bonds is 8. The predicted molar refractivity (Wildman–Crippen MR) is 119 cm³/mol. The average Bonchev–Trinajstić information content (AvgIpc) is 3.24. The van der Waals surface area contributed by atoms with E-state index in [1.54, 1.807) is 0 Å². The molecule has 1 fully saturated rings. The van der Waals surface area contributed by atoms with Crippen LogP contribution in [-0.2, 0) is 24.2 Å². The predicted octanol–water partition coefficient (Wildman–Crippen LogP) is 2.88. The number of nitrogens with zero attached hydrogens (tertiary/aromatic N) is 4. The summed E-state index contributed by atoms with van der Waals surface area (Å²) < 4.78 is 8.21. The van der Waals surface area contributed by atoms with E-state index in [2.05, 4.69) is 53.1 Å². The summed E-state index contributed by atoms with van der Waals surface area (Å²) in [4.78, 5) is 4.79. The summed E-state index contributed by atoms with van der Waals surface area (Å²) in [5, 5.41) is 15.6. The number of guanidine groups is 1. The summed E-state index contributed by atoms with van der Waals surface area (Å²) in [6.45, 7) is 11.9. The molecule has 1 aromatic heterocycles. The van der Waals surface area contributed by atoms with Crippen molar-refractivity contribution in [2.75, 3.05) is 13.2 Å². The van der Waals surface area contributed by atoms with Crippen molar-refractivity contribution in [3.8, 4) is 0 Å². The van der Waals surface area contributed by atoms with Crippen LogP contribution in [0.1, 0.15) is 65.0 Å². The molecule has 2 aliphatic rings. The van der Waals surface area contributed by atoms with Gasteiger partial charge in [0.25, 0.3) is 0 Å². The number of aromatic nitrogens is 3. The van der Waals surface area contributed by atoms with Crippen molar-refractivity contribution in [3.63, 3.8) is 0 Å². The van der Waals surface area contributed by atoms with Crippen LogP contribution in [-0.4, -0.2) is 46.0 Å². The maximum absolute atomic E-state index is 5.99. The van der Waals surface area contributed by atoms with Gasteiger partial charge in [0.15, 0.2) is 11.8 Å². The van der Waals surface area contributed by atoms with Gasteiger partial charge in [-0.05, 0) is 39.5 Å². The molecule has 2 N–H and O–H groups in total. The van der Waals surface area contributed by atoms with Gasteiger partial charge in [0.2, 0.25) is 0 Å². The molecular weight excluding hydrogens is 455 g/mol. The summed E-state index contributed by atoms with van der Waals surface area (Å²) in [5.41, 5.74) is 0.197. The number of hydrogen-bond acceptors (Lipinski definition) is 4. The third kappa shape index (κ3) is 4.41. The van der Waals surface area contributed by atoms with Crippen molar-refractivity contribution in [3.05, 3.63) is 11.6 Å². The van der Waals surface area contributed by atoms with Crippen LogP contribution in [0.2, 0.25) is 0 Å². The Kier molecular flexibility index (Phi) is 8.33. The molecule has 2 atom stereocenters. The molecule has 0 amide bonds. The lowest BCUT2D eigenvalue weighted by atomic mass is 9.58. The van der Waals surface area contributed by atoms with Crippen molar-refractivity contribution in [1.29, 1.82) is 0 Å². The summed E-state index contributed by atoms with van der Waals surface area (Å²) in [7, 11) is 0. The van der Waals surface area contributed by atoms with Crippen molar-refractivity contribution in [1.82, 2.24) is 25.4 Å². The van der Waals surface area contributed by atoms with Gasteiger partial charge in [-0.25, -0.2) is 4.99 Å². The Hall–Kier alpha value is -0.900. The summed E-state index contributed by atoms with van der Waals surface area (Å²) in [5.74, 6) is 2.93. The van der Waals surface area contributed by atoms with Crippen molar-refractivity contribution in [2.45, 2.75) is 85.0 Å². The summed E-state index contributed by atoms with van der Waals surface area (Å²) >= 11 is 0. The van der Waals surface area contributed by atoms with E-state index < -0.39 is 0 Å². The highest BCUT2D eigenvalue weighted by Gasteiger charge is 2.53. The van der Waals surface area contributed by atoms with Crippen LogP contribution in [0.15, 0.2) is 4.99 Å². The monoisotopic (exact) mass is 490 g/mol. The molecule has 1 aliphatic carbocycles. The second-order valence-electron chi connectivity index (χ2n) is 7.30. The highest BCUT2D eigenvalue weighted by Crippen LogP contribution is 2.48. The number of hydrogen-bond donors (Lipinski definition) is 2. The number of ether oxygens (including phenoxy) is 1. The molecule has 1 aromatic rings. The number of halogens is 1. The van der Waals surface area contributed by atoms with Crippen LogP contribution in [0.5, 0.6) is 0 Å². The number of aliphatic imine (C=N–C) groups is 1. The molecule has 0 radical (unpaired) electrons. The molecule has 7 nitrogen and oxygen atoms in total. The minimum atomic E-state index is 0. The molecule has 1 aliphatic heterocycles. The second kappa shape index (κ2) is 10.0. The van der Waals surface area contributed by atoms with Gasteiger partial charge in [0.05, 0.1) is 6.10 Å². The molecule has 27 heavy (non-hydrogen) atoms. The quantitative estimate of drug-likeness (QED) is 0.333. The Morgan fingerprint density at radius 3 is 2.70 bits per heavy atom. The van der Waals surface area contributed by atoms with Crippen LogP contribution in [0.3, 0.4) is 0 Å². The van der Waals surface area contributed by atoms with E-state index in [0.717, 1.165) is 69.4 Å². The first kappa shape index (κ1) is 22.4. The SMILES string of the molecule is CCNC(=NCc1nnc2n1CCC2)NC1CC(OCC)C1(CC)CC.I. The fourth-order valence-electron chi connectivity index (χ4n) is 4.55. The first-order valence-corrected chi connectivity index (χ1v) is 10.3. The standard InChI is InChI=1S/C19H34N6O.HI/c1-5-19(6-2)14(12-15(19)26-8-4)22-18(20-7-3)21-13-17-24-23-16-10-9-11-25(16)17;/h14-15H,5-13H2,1-4H3,(H2,20,21,22);1H. The molecule has 0 bridgehead atoms. The van der Waals surface area contributed by atoms with E-state index in [1.807, 2.05) is 0 Å². The highest BCUT2D eigenvalue weighted by molar-refractivity contribution is 14.0. The summed E-state index contributed by atoms with van der Waals surface area (Å²) in [6.07, 6.45) is 5.82. The third-order valence-corrected chi connectivity index (χ3v) is 6.19. The van der Waals surface area contributed by atoms with E-state index in [-0.39, 0.29) is 29.4 Å². The van der Waals surface area contributed by atoms with Gasteiger partial charge < -0.3 is 19.9 Å². The zero-order chi connectivity index (χ0) is 18.6. The van der Waals surface area contributed by atoms with E-state index in [9.17, 15) is 0 Å². The van der Waals surface area contributed by atoms with Gasteiger partial charge >= 0.3 is 0 Å². The van der Waals surface area contributed by atoms with E-state index in [0.29, 0.717) is 18.7 Å². The third-order valence-electron chi connectivity index (χ3n) is 6.19. The number of nitrogens with one attached hydrogen (secondary N) is 2. The lowest BCUT2D eigenvalue weighted by Gasteiger charge is -2.55. The fourth-order valence-corrected chi connectivity index (χ4v) is 4.55. The van der Waals surface area contributed by atoms with Crippen LogP contribution < -0.4 is 10.6 Å². The van der Waals surface area contributed by atoms with E-state index >= 15 is 0 Å². The molecule has 3 rings (SSSR count). The van der Waals surface area contributed by atoms with Gasteiger partial charge in [-0.2, -0.15) is 0 Å². The lowest BCUT2D eigenvalue weighted by Crippen LogP contribution is -2.65. The van der Waals surface area contributed by atoms with Crippen molar-refractivity contribution >= 4 is 29.9 Å². The molecule has 0 saturated heterocycles. The minimum Gasteiger partial charge on any atom is -0.378 e. The largest absolute Gasteiger partial charge is 0.378 e. The maximum atomic E-state index is 5.99. The zero-order valence-electron chi connectivity index (χ0n) is 17.1. The molecule has 0 aromatic carbocycles. The molecule has 1 saturated carbocycles. The Morgan fingerprint density at radius 1 is 1.26 bits per heavy atom.